The number of carbonyl (C=O) groups excluding carboxylic acids is 3. The fraction of sp³-hybridized carbons (Fsp3) is 0.810. The fourth-order valence-electron chi connectivity index (χ4n) is 2.79. The lowest BCUT2D eigenvalue weighted by atomic mass is 10.1. The van der Waals surface area contributed by atoms with Gasteiger partial charge in [-0.25, -0.2) is 4.79 Å². The Bertz CT molecular complexity index is 441. The molecule has 1 atom stereocenters. The van der Waals surface area contributed by atoms with E-state index in [4.69, 9.17) is 5.73 Å². The number of amides is 4. The molecule has 0 aromatic heterocycles. The van der Waals surface area contributed by atoms with Gasteiger partial charge < -0.3 is 21.7 Å². The number of hydrogen-bond donors (Lipinski definition) is 4. The van der Waals surface area contributed by atoms with Crippen LogP contribution in [0.5, 0.6) is 0 Å². The van der Waals surface area contributed by atoms with Gasteiger partial charge in [0, 0.05) is 19.5 Å². The standard InChI is InChI=1S/C21H41N4O3/c1-4-5-6-7-8-9-10-13-19(26)25-18(12-11-15-24-21(22)28)20(27)23-16-14-17(2)3/h16-18H,4-15H2,1-3H3,(H,23,27)(H,25,26)(H3,22,24,28)/t18-/m0/s1. The molecule has 0 aliphatic heterocycles. The van der Waals surface area contributed by atoms with E-state index in [1.807, 2.05) is 0 Å². The van der Waals surface area contributed by atoms with E-state index in [1.165, 1.54) is 25.7 Å². The summed E-state index contributed by atoms with van der Waals surface area (Å²) < 4.78 is 0. The molecule has 163 valence electrons. The summed E-state index contributed by atoms with van der Waals surface area (Å²) in [7, 11) is 0. The number of nitrogens with two attached hydrogens (primary N) is 1. The molecule has 0 rings (SSSR count). The van der Waals surface area contributed by atoms with Crippen LogP contribution in [-0.4, -0.2) is 30.4 Å². The lowest BCUT2D eigenvalue weighted by molar-refractivity contribution is -0.129. The summed E-state index contributed by atoms with van der Waals surface area (Å²) in [6.45, 7) is 8.45. The van der Waals surface area contributed by atoms with Crippen molar-refractivity contribution in [2.24, 2.45) is 11.7 Å². The normalized spacial score (nSPS) is 11.9. The third-order valence-electron chi connectivity index (χ3n) is 4.46. The van der Waals surface area contributed by atoms with Crippen LogP contribution in [0.4, 0.5) is 4.79 Å². The molecule has 0 unspecified atom stereocenters. The summed E-state index contributed by atoms with van der Waals surface area (Å²) in [5, 5.41) is 8.11. The predicted molar refractivity (Wildman–Crippen MR) is 113 cm³/mol. The molecule has 0 saturated heterocycles. The van der Waals surface area contributed by atoms with Gasteiger partial charge in [-0.2, -0.15) is 0 Å². The molecular formula is C21H41N4O3. The minimum Gasteiger partial charge on any atom is -0.352 e. The van der Waals surface area contributed by atoms with Gasteiger partial charge in [0.25, 0.3) is 0 Å². The maximum atomic E-state index is 12.4. The molecule has 1 radical (unpaired) electrons. The van der Waals surface area contributed by atoms with Gasteiger partial charge in [0.15, 0.2) is 0 Å². The van der Waals surface area contributed by atoms with E-state index in [-0.39, 0.29) is 11.8 Å². The van der Waals surface area contributed by atoms with Crippen LogP contribution in [0.3, 0.4) is 0 Å². The van der Waals surface area contributed by atoms with Crippen molar-refractivity contribution < 1.29 is 14.4 Å². The zero-order valence-corrected chi connectivity index (χ0v) is 18.0. The molecule has 5 N–H and O–H groups in total. The summed E-state index contributed by atoms with van der Waals surface area (Å²) in [4.78, 5) is 35.4. The number of rotatable bonds is 17. The SMILES string of the molecule is CCCCCCCCCC(=O)N[C@@H](CCCNC(N)=O)C(=O)N[CH]CC(C)C. The Morgan fingerprint density at radius 1 is 0.964 bits per heavy atom. The molecule has 0 saturated carbocycles. The second-order valence-corrected chi connectivity index (χ2v) is 7.77. The zero-order valence-electron chi connectivity index (χ0n) is 18.0. The topological polar surface area (TPSA) is 113 Å². The number of carbonyl (C=O) groups is 3. The number of unbranched alkanes of at least 4 members (excludes halogenated alkanes) is 6. The van der Waals surface area contributed by atoms with E-state index in [1.54, 1.807) is 6.54 Å². The van der Waals surface area contributed by atoms with Gasteiger partial charge in [0.05, 0.1) is 0 Å². The molecule has 0 aliphatic rings. The van der Waals surface area contributed by atoms with E-state index >= 15 is 0 Å². The Morgan fingerprint density at radius 2 is 1.61 bits per heavy atom. The maximum Gasteiger partial charge on any atom is 0.312 e. The Balaban J connectivity index is 4.26. The monoisotopic (exact) mass is 397 g/mol. The van der Waals surface area contributed by atoms with Gasteiger partial charge in [-0.05, 0) is 31.6 Å². The van der Waals surface area contributed by atoms with E-state index in [2.05, 4.69) is 36.7 Å². The molecular weight excluding hydrogens is 356 g/mol. The highest BCUT2D eigenvalue weighted by atomic mass is 16.2. The van der Waals surface area contributed by atoms with Crippen molar-refractivity contribution in [3.63, 3.8) is 0 Å². The first kappa shape index (κ1) is 26.2. The van der Waals surface area contributed by atoms with Crippen molar-refractivity contribution in [1.29, 1.82) is 0 Å². The highest BCUT2D eigenvalue weighted by molar-refractivity contribution is 5.87. The summed E-state index contributed by atoms with van der Waals surface area (Å²) in [6.07, 6.45) is 10.2. The number of primary amides is 1. The van der Waals surface area contributed by atoms with Crippen LogP contribution in [0.2, 0.25) is 0 Å². The van der Waals surface area contributed by atoms with Gasteiger partial charge >= 0.3 is 6.03 Å². The Morgan fingerprint density at radius 3 is 2.21 bits per heavy atom. The molecule has 0 bridgehead atoms. The van der Waals surface area contributed by atoms with Crippen molar-refractivity contribution in [1.82, 2.24) is 16.0 Å². The molecule has 0 aliphatic carbocycles. The molecule has 0 heterocycles. The van der Waals surface area contributed by atoms with Gasteiger partial charge in [0.1, 0.15) is 6.04 Å². The lowest BCUT2D eigenvalue weighted by Crippen LogP contribution is -2.46. The van der Waals surface area contributed by atoms with Crippen LogP contribution in [-0.2, 0) is 9.59 Å². The zero-order chi connectivity index (χ0) is 21.2. The second-order valence-electron chi connectivity index (χ2n) is 7.77. The summed E-state index contributed by atoms with van der Waals surface area (Å²) in [5.41, 5.74) is 5.05. The molecule has 7 heteroatoms. The highest BCUT2D eigenvalue weighted by Crippen LogP contribution is 2.09. The Kier molecular flexibility index (Phi) is 16.2. The number of hydrogen-bond acceptors (Lipinski definition) is 3. The third-order valence-corrected chi connectivity index (χ3v) is 4.46. The quantitative estimate of drug-likeness (QED) is 0.282. The summed E-state index contributed by atoms with van der Waals surface area (Å²) in [5.74, 6) is 0.138. The molecule has 4 amide bonds. The molecule has 7 nitrogen and oxygen atoms in total. The van der Waals surface area contributed by atoms with Crippen molar-refractivity contribution in [3.8, 4) is 0 Å². The smallest absolute Gasteiger partial charge is 0.312 e. The number of nitrogens with one attached hydrogen (secondary N) is 3. The number of urea groups is 1. The van der Waals surface area contributed by atoms with Gasteiger partial charge in [0.2, 0.25) is 11.8 Å². The predicted octanol–water partition coefficient (Wildman–Crippen LogP) is 3.38. The van der Waals surface area contributed by atoms with E-state index < -0.39 is 12.1 Å². The Hall–Kier alpha value is -1.79. The van der Waals surface area contributed by atoms with E-state index in [0.29, 0.717) is 31.7 Å². The van der Waals surface area contributed by atoms with Crippen molar-refractivity contribution in [3.05, 3.63) is 6.54 Å². The van der Waals surface area contributed by atoms with Crippen LogP contribution in [0.1, 0.15) is 91.4 Å². The van der Waals surface area contributed by atoms with E-state index in [0.717, 1.165) is 25.7 Å². The average Bonchev–Trinajstić information content (AvgIpc) is 2.62. The van der Waals surface area contributed by atoms with Crippen molar-refractivity contribution in [2.45, 2.75) is 97.4 Å². The van der Waals surface area contributed by atoms with Crippen LogP contribution in [0.15, 0.2) is 0 Å². The molecule has 28 heavy (non-hydrogen) atoms. The highest BCUT2D eigenvalue weighted by Gasteiger charge is 2.20. The molecule has 0 spiro atoms. The Labute approximate surface area is 171 Å². The van der Waals surface area contributed by atoms with Crippen LogP contribution in [0, 0.1) is 12.5 Å². The van der Waals surface area contributed by atoms with Gasteiger partial charge in [-0.3, -0.25) is 9.59 Å². The van der Waals surface area contributed by atoms with Gasteiger partial charge in [-0.15, -0.1) is 0 Å². The second kappa shape index (κ2) is 17.3. The maximum absolute atomic E-state index is 12.4. The molecule has 0 aromatic carbocycles. The fourth-order valence-corrected chi connectivity index (χ4v) is 2.79. The van der Waals surface area contributed by atoms with Crippen LogP contribution in [0.25, 0.3) is 0 Å². The molecule has 0 aromatic rings. The first-order valence-electron chi connectivity index (χ1n) is 10.8. The molecule has 0 fully saturated rings. The minimum atomic E-state index is -0.602. The first-order chi connectivity index (χ1) is 13.4. The van der Waals surface area contributed by atoms with Gasteiger partial charge in [-0.1, -0.05) is 59.3 Å². The summed E-state index contributed by atoms with van der Waals surface area (Å²) >= 11 is 0. The third kappa shape index (κ3) is 16.4. The lowest BCUT2D eigenvalue weighted by Gasteiger charge is -2.19. The first-order valence-corrected chi connectivity index (χ1v) is 10.8. The van der Waals surface area contributed by atoms with Crippen LogP contribution >= 0.6 is 0 Å². The van der Waals surface area contributed by atoms with Crippen LogP contribution < -0.4 is 21.7 Å². The summed E-state index contributed by atoms with van der Waals surface area (Å²) in [6, 6.07) is -1.19. The van der Waals surface area contributed by atoms with Crippen molar-refractivity contribution in [2.75, 3.05) is 6.54 Å². The average molecular weight is 398 g/mol. The van der Waals surface area contributed by atoms with Crippen molar-refractivity contribution >= 4 is 17.8 Å². The minimum absolute atomic E-state index is 0.0968. The van der Waals surface area contributed by atoms with E-state index in [9.17, 15) is 14.4 Å². The largest absolute Gasteiger partial charge is 0.352 e.